The van der Waals surface area contributed by atoms with E-state index in [0.717, 1.165) is 17.7 Å². The summed E-state index contributed by atoms with van der Waals surface area (Å²) in [5.74, 6) is -0.335. The largest absolute Gasteiger partial charge is 0.481 e. The van der Waals surface area contributed by atoms with Crippen LogP contribution in [0.1, 0.15) is 30.7 Å². The molecule has 0 unspecified atom stereocenters. The van der Waals surface area contributed by atoms with E-state index >= 15 is 0 Å². The van der Waals surface area contributed by atoms with Crippen molar-refractivity contribution in [1.29, 1.82) is 0 Å². The van der Waals surface area contributed by atoms with Crippen LogP contribution in [0, 0.1) is 5.92 Å². The molecule has 1 aliphatic carbocycles. The molecule has 0 saturated heterocycles. The van der Waals surface area contributed by atoms with E-state index in [1.54, 1.807) is 0 Å². The van der Waals surface area contributed by atoms with Crippen LogP contribution in [-0.4, -0.2) is 17.1 Å². The Balaban J connectivity index is 1.96. The zero-order chi connectivity index (χ0) is 11.1. The highest BCUT2D eigenvalue weighted by molar-refractivity contribution is 5.80. The van der Waals surface area contributed by atoms with Gasteiger partial charge in [-0.15, -0.1) is 0 Å². The van der Waals surface area contributed by atoms with Crippen LogP contribution in [0.15, 0.2) is 24.3 Å². The van der Waals surface area contributed by atoms with E-state index in [1.807, 2.05) is 24.3 Å². The highest BCUT2D eigenvalue weighted by atomic mass is 16.4. The predicted molar refractivity (Wildman–Crippen MR) is 61.6 cm³/mol. The van der Waals surface area contributed by atoms with Crippen molar-refractivity contribution in [2.24, 2.45) is 5.92 Å². The number of carbonyl (C=O) groups is 1. The summed E-state index contributed by atoms with van der Waals surface area (Å²) < 4.78 is 0. The third-order valence-corrected chi connectivity index (χ3v) is 3.66. The number of aliphatic carboxylic acids is 1. The fourth-order valence-corrected chi connectivity index (χ4v) is 2.61. The predicted octanol–water partition coefficient (Wildman–Crippen LogP) is 2.45. The summed E-state index contributed by atoms with van der Waals surface area (Å²) in [6.07, 6.45) is 3.22. The molecule has 84 valence electrons. The van der Waals surface area contributed by atoms with E-state index in [2.05, 4.69) is 5.32 Å². The lowest BCUT2D eigenvalue weighted by Crippen LogP contribution is -2.32. The second-order valence-corrected chi connectivity index (χ2v) is 4.80. The third-order valence-electron chi connectivity index (χ3n) is 3.66. The molecule has 3 heteroatoms. The molecule has 1 aromatic rings. The van der Waals surface area contributed by atoms with Crippen molar-refractivity contribution in [3.05, 3.63) is 29.8 Å². The maximum Gasteiger partial charge on any atom is 0.311 e. The topological polar surface area (TPSA) is 49.3 Å². The van der Waals surface area contributed by atoms with Gasteiger partial charge in [0, 0.05) is 11.7 Å². The lowest BCUT2D eigenvalue weighted by atomic mass is 9.85. The van der Waals surface area contributed by atoms with Gasteiger partial charge in [-0.05, 0) is 36.8 Å². The molecule has 1 aromatic carbocycles. The van der Waals surface area contributed by atoms with Crippen LogP contribution in [0.5, 0.6) is 0 Å². The summed E-state index contributed by atoms with van der Waals surface area (Å²) in [5, 5.41) is 12.8. The van der Waals surface area contributed by atoms with Crippen molar-refractivity contribution in [3.8, 4) is 0 Å². The van der Waals surface area contributed by atoms with Crippen molar-refractivity contribution in [3.63, 3.8) is 0 Å². The van der Waals surface area contributed by atoms with Crippen LogP contribution >= 0.6 is 0 Å². The number of hydrogen-bond acceptors (Lipinski definition) is 2. The smallest absolute Gasteiger partial charge is 0.311 e. The maximum absolute atomic E-state index is 11.3. The molecule has 0 aromatic heterocycles. The van der Waals surface area contributed by atoms with Gasteiger partial charge >= 0.3 is 5.97 Å². The van der Waals surface area contributed by atoms with E-state index in [9.17, 15) is 9.90 Å². The Morgan fingerprint density at radius 2 is 2.06 bits per heavy atom. The van der Waals surface area contributed by atoms with Crippen molar-refractivity contribution < 1.29 is 9.90 Å². The zero-order valence-electron chi connectivity index (χ0n) is 9.02. The maximum atomic E-state index is 11.3. The van der Waals surface area contributed by atoms with Crippen molar-refractivity contribution in [2.45, 2.75) is 31.2 Å². The molecular weight excluding hydrogens is 202 g/mol. The Hall–Kier alpha value is -1.51. The molecule has 0 spiro atoms. The molecule has 2 N–H and O–H groups in total. The average molecular weight is 217 g/mol. The minimum absolute atomic E-state index is 0.331. The Morgan fingerprint density at radius 3 is 2.75 bits per heavy atom. The SMILES string of the molecule is O=C(O)[C@H]1C[C@@H](C2CC2)Nc2ccccc21. The Kier molecular flexibility index (Phi) is 2.13. The van der Waals surface area contributed by atoms with Crippen molar-refractivity contribution in [1.82, 2.24) is 0 Å². The van der Waals surface area contributed by atoms with Gasteiger partial charge < -0.3 is 10.4 Å². The minimum atomic E-state index is -0.695. The Bertz CT molecular complexity index is 426. The lowest BCUT2D eigenvalue weighted by Gasteiger charge is -2.31. The number of anilines is 1. The Morgan fingerprint density at radius 1 is 1.31 bits per heavy atom. The van der Waals surface area contributed by atoms with Gasteiger partial charge in [0.25, 0.3) is 0 Å². The second kappa shape index (κ2) is 3.51. The van der Waals surface area contributed by atoms with E-state index in [1.165, 1.54) is 12.8 Å². The fraction of sp³-hybridized carbons (Fsp3) is 0.462. The minimum Gasteiger partial charge on any atom is -0.481 e. The molecule has 1 aliphatic heterocycles. The molecule has 3 nitrogen and oxygen atoms in total. The molecule has 0 amide bonds. The number of fused-ring (bicyclic) bond motifs is 1. The van der Waals surface area contributed by atoms with E-state index < -0.39 is 5.97 Å². The molecule has 16 heavy (non-hydrogen) atoms. The first-order chi connectivity index (χ1) is 7.75. The number of rotatable bonds is 2. The second-order valence-electron chi connectivity index (χ2n) is 4.80. The van der Waals surface area contributed by atoms with Crippen molar-refractivity contribution in [2.75, 3.05) is 5.32 Å². The van der Waals surface area contributed by atoms with Gasteiger partial charge in [-0.25, -0.2) is 0 Å². The van der Waals surface area contributed by atoms with Gasteiger partial charge in [0.2, 0.25) is 0 Å². The molecule has 2 aliphatic rings. The molecule has 1 fully saturated rings. The highest BCUT2D eigenvalue weighted by Gasteiger charge is 2.38. The molecule has 0 bridgehead atoms. The summed E-state index contributed by atoms with van der Waals surface area (Å²) in [5.41, 5.74) is 1.95. The molecule has 3 rings (SSSR count). The molecule has 1 heterocycles. The van der Waals surface area contributed by atoms with Crippen LogP contribution in [0.25, 0.3) is 0 Å². The Labute approximate surface area is 94.5 Å². The monoisotopic (exact) mass is 217 g/mol. The van der Waals surface area contributed by atoms with Crippen molar-refractivity contribution >= 4 is 11.7 Å². The van der Waals surface area contributed by atoms with E-state index in [-0.39, 0.29) is 5.92 Å². The van der Waals surface area contributed by atoms with Crippen LogP contribution < -0.4 is 5.32 Å². The highest BCUT2D eigenvalue weighted by Crippen LogP contribution is 2.43. The first kappa shape index (κ1) is 9.70. The fourth-order valence-electron chi connectivity index (χ4n) is 2.61. The number of carboxylic acid groups (broad SMARTS) is 1. The first-order valence-electron chi connectivity index (χ1n) is 5.84. The van der Waals surface area contributed by atoms with Gasteiger partial charge in [0.15, 0.2) is 0 Å². The van der Waals surface area contributed by atoms with Gasteiger partial charge in [0.05, 0.1) is 5.92 Å². The number of benzene rings is 1. The van der Waals surface area contributed by atoms with Crippen LogP contribution in [0.4, 0.5) is 5.69 Å². The van der Waals surface area contributed by atoms with Crippen LogP contribution in [0.3, 0.4) is 0 Å². The lowest BCUT2D eigenvalue weighted by molar-refractivity contribution is -0.139. The molecule has 0 radical (unpaired) electrons. The van der Waals surface area contributed by atoms with Gasteiger partial charge in [-0.2, -0.15) is 0 Å². The summed E-state index contributed by atoms with van der Waals surface area (Å²) >= 11 is 0. The van der Waals surface area contributed by atoms with E-state index in [4.69, 9.17) is 0 Å². The number of para-hydroxylation sites is 1. The summed E-state index contributed by atoms with van der Waals surface area (Å²) in [6, 6.07) is 8.13. The molecule has 2 atom stereocenters. The van der Waals surface area contributed by atoms with Gasteiger partial charge in [0.1, 0.15) is 0 Å². The zero-order valence-corrected chi connectivity index (χ0v) is 9.02. The normalized spacial score (nSPS) is 28.0. The average Bonchev–Trinajstić information content (AvgIpc) is 3.11. The summed E-state index contributed by atoms with van der Waals surface area (Å²) in [6.45, 7) is 0. The van der Waals surface area contributed by atoms with Gasteiger partial charge in [-0.1, -0.05) is 18.2 Å². The van der Waals surface area contributed by atoms with E-state index in [0.29, 0.717) is 12.0 Å². The quantitative estimate of drug-likeness (QED) is 0.800. The number of carboxylic acids is 1. The van der Waals surface area contributed by atoms with Crippen LogP contribution in [0.2, 0.25) is 0 Å². The third kappa shape index (κ3) is 1.56. The van der Waals surface area contributed by atoms with Crippen LogP contribution in [-0.2, 0) is 4.79 Å². The first-order valence-corrected chi connectivity index (χ1v) is 5.84. The number of nitrogens with one attached hydrogen (secondary N) is 1. The molecule has 1 saturated carbocycles. The summed E-state index contributed by atoms with van der Waals surface area (Å²) in [7, 11) is 0. The summed E-state index contributed by atoms with van der Waals surface area (Å²) in [4.78, 5) is 11.3. The van der Waals surface area contributed by atoms with Gasteiger partial charge in [-0.3, -0.25) is 4.79 Å². The molecular formula is C13H15NO2. The number of hydrogen-bond donors (Lipinski definition) is 2. The standard InChI is InChI=1S/C13H15NO2/c15-13(16)10-7-12(8-5-6-8)14-11-4-2-1-3-9(10)11/h1-4,8,10,12,14H,5-7H2,(H,15,16)/t10-,12-/m0/s1.